The Balaban J connectivity index is 1.86. The van der Waals surface area contributed by atoms with Crippen LogP contribution in [0.15, 0.2) is 40.3 Å². The lowest BCUT2D eigenvalue weighted by Gasteiger charge is -2.16. The van der Waals surface area contributed by atoms with Gasteiger partial charge in [-0.2, -0.15) is 0 Å². The van der Waals surface area contributed by atoms with Crippen molar-refractivity contribution in [1.82, 2.24) is 9.47 Å². The minimum Gasteiger partial charge on any atom is -0.463 e. The number of hydrogen-bond acceptors (Lipinski definition) is 3. The third-order valence-electron chi connectivity index (χ3n) is 3.20. The molecule has 0 aliphatic carbocycles. The number of thiophene rings is 1. The topological polar surface area (TPSA) is 38.4 Å². The second-order valence-electron chi connectivity index (χ2n) is 4.50. The molecule has 0 aliphatic rings. The summed E-state index contributed by atoms with van der Waals surface area (Å²) in [4.78, 5) is 15.3. The lowest BCUT2D eigenvalue weighted by Crippen LogP contribution is -2.27. The number of rotatable bonds is 3. The van der Waals surface area contributed by atoms with Crippen molar-refractivity contribution in [3.63, 3.8) is 0 Å². The SMILES string of the molecule is CN(Cc1cccs1)C(=O)c1cc2occc2n1C. The molecule has 19 heavy (non-hydrogen) atoms. The van der Waals surface area contributed by atoms with Crippen molar-refractivity contribution in [2.24, 2.45) is 7.05 Å². The smallest absolute Gasteiger partial charge is 0.270 e. The van der Waals surface area contributed by atoms with Gasteiger partial charge in [-0.1, -0.05) is 6.07 Å². The Morgan fingerprint density at radius 3 is 3.00 bits per heavy atom. The van der Waals surface area contributed by atoms with Gasteiger partial charge in [-0.15, -0.1) is 11.3 Å². The number of carbonyl (C=O) groups excluding carboxylic acids is 1. The Bertz CT molecular complexity index is 709. The molecule has 0 saturated heterocycles. The molecule has 3 aromatic rings. The van der Waals surface area contributed by atoms with Gasteiger partial charge < -0.3 is 13.9 Å². The summed E-state index contributed by atoms with van der Waals surface area (Å²) in [6, 6.07) is 7.69. The van der Waals surface area contributed by atoms with E-state index in [1.807, 2.05) is 42.2 Å². The van der Waals surface area contributed by atoms with Crippen molar-refractivity contribution in [1.29, 1.82) is 0 Å². The van der Waals surface area contributed by atoms with Crippen molar-refractivity contribution < 1.29 is 9.21 Å². The van der Waals surface area contributed by atoms with E-state index in [2.05, 4.69) is 0 Å². The molecule has 1 amide bonds. The number of furan rings is 1. The molecule has 0 aliphatic heterocycles. The second kappa shape index (κ2) is 4.59. The molecule has 3 aromatic heterocycles. The fourth-order valence-electron chi connectivity index (χ4n) is 2.16. The van der Waals surface area contributed by atoms with Crippen LogP contribution in [-0.2, 0) is 13.6 Å². The van der Waals surface area contributed by atoms with Crippen LogP contribution in [-0.4, -0.2) is 22.4 Å². The largest absolute Gasteiger partial charge is 0.463 e. The van der Waals surface area contributed by atoms with E-state index in [0.717, 1.165) is 11.1 Å². The zero-order valence-electron chi connectivity index (χ0n) is 10.8. The van der Waals surface area contributed by atoms with Gasteiger partial charge in [0, 0.05) is 31.1 Å². The maximum Gasteiger partial charge on any atom is 0.270 e. The van der Waals surface area contributed by atoms with Crippen molar-refractivity contribution in [2.75, 3.05) is 7.05 Å². The van der Waals surface area contributed by atoms with Crippen LogP contribution in [0.1, 0.15) is 15.4 Å². The van der Waals surface area contributed by atoms with Crippen LogP contribution in [0, 0.1) is 0 Å². The summed E-state index contributed by atoms with van der Waals surface area (Å²) in [5.74, 6) is 0.00213. The van der Waals surface area contributed by atoms with E-state index in [1.165, 1.54) is 4.88 Å². The Kier molecular flexibility index (Phi) is 2.91. The van der Waals surface area contributed by atoms with E-state index in [-0.39, 0.29) is 5.91 Å². The minimum atomic E-state index is 0.00213. The molecule has 0 spiro atoms. The maximum atomic E-state index is 12.4. The summed E-state index contributed by atoms with van der Waals surface area (Å²) in [5, 5.41) is 2.02. The molecule has 5 heteroatoms. The van der Waals surface area contributed by atoms with E-state index in [0.29, 0.717) is 12.2 Å². The molecule has 98 valence electrons. The average Bonchev–Trinajstić information content (AvgIpc) is 3.08. The summed E-state index contributed by atoms with van der Waals surface area (Å²) in [5.41, 5.74) is 2.33. The van der Waals surface area contributed by atoms with Crippen LogP contribution in [0.25, 0.3) is 11.1 Å². The van der Waals surface area contributed by atoms with E-state index in [9.17, 15) is 4.79 Å². The van der Waals surface area contributed by atoms with Crippen LogP contribution in [0.4, 0.5) is 0 Å². The van der Waals surface area contributed by atoms with E-state index >= 15 is 0 Å². The number of carbonyl (C=O) groups is 1. The molecule has 4 nitrogen and oxygen atoms in total. The van der Waals surface area contributed by atoms with Crippen LogP contribution in [0.2, 0.25) is 0 Å². The predicted molar refractivity (Wildman–Crippen MR) is 75.3 cm³/mol. The average molecular weight is 274 g/mol. The van der Waals surface area contributed by atoms with Gasteiger partial charge in [0.2, 0.25) is 0 Å². The van der Waals surface area contributed by atoms with E-state index < -0.39 is 0 Å². The van der Waals surface area contributed by atoms with Gasteiger partial charge in [0.1, 0.15) is 5.69 Å². The molecule has 0 bridgehead atoms. The summed E-state index contributed by atoms with van der Waals surface area (Å²) >= 11 is 1.66. The molecular formula is C14H14N2O2S. The Morgan fingerprint density at radius 2 is 2.32 bits per heavy atom. The number of fused-ring (bicyclic) bond motifs is 1. The van der Waals surface area contributed by atoms with Gasteiger partial charge in [-0.05, 0) is 11.4 Å². The normalized spacial score (nSPS) is 11.1. The highest BCUT2D eigenvalue weighted by molar-refractivity contribution is 7.09. The minimum absolute atomic E-state index is 0.00213. The first-order valence-corrected chi connectivity index (χ1v) is 6.85. The fourth-order valence-corrected chi connectivity index (χ4v) is 2.92. The summed E-state index contributed by atoms with van der Waals surface area (Å²) < 4.78 is 7.19. The third-order valence-corrected chi connectivity index (χ3v) is 4.06. The highest BCUT2D eigenvalue weighted by Gasteiger charge is 2.18. The number of hydrogen-bond donors (Lipinski definition) is 0. The molecule has 0 unspecified atom stereocenters. The van der Waals surface area contributed by atoms with E-state index in [1.54, 1.807) is 28.6 Å². The van der Waals surface area contributed by atoms with Gasteiger partial charge in [-0.3, -0.25) is 4.79 Å². The van der Waals surface area contributed by atoms with Gasteiger partial charge in [0.25, 0.3) is 5.91 Å². The van der Waals surface area contributed by atoms with Gasteiger partial charge in [-0.25, -0.2) is 0 Å². The van der Waals surface area contributed by atoms with Crippen LogP contribution in [0.3, 0.4) is 0 Å². The summed E-state index contributed by atoms with van der Waals surface area (Å²) in [6.07, 6.45) is 1.63. The number of aryl methyl sites for hydroxylation is 1. The highest BCUT2D eigenvalue weighted by atomic mass is 32.1. The van der Waals surface area contributed by atoms with Crippen molar-refractivity contribution >= 4 is 28.3 Å². The van der Waals surface area contributed by atoms with Gasteiger partial charge in [0.15, 0.2) is 5.58 Å². The predicted octanol–water partition coefficient (Wildman–Crippen LogP) is 3.11. The van der Waals surface area contributed by atoms with Crippen LogP contribution in [0.5, 0.6) is 0 Å². The summed E-state index contributed by atoms with van der Waals surface area (Å²) in [7, 11) is 3.70. The van der Waals surface area contributed by atoms with Crippen molar-refractivity contribution in [2.45, 2.75) is 6.54 Å². The zero-order chi connectivity index (χ0) is 13.4. The first-order chi connectivity index (χ1) is 9.16. The van der Waals surface area contributed by atoms with Gasteiger partial charge >= 0.3 is 0 Å². The third kappa shape index (κ3) is 2.06. The number of amides is 1. The fraction of sp³-hybridized carbons (Fsp3) is 0.214. The van der Waals surface area contributed by atoms with Crippen LogP contribution < -0.4 is 0 Å². The number of nitrogens with zero attached hydrogens (tertiary/aromatic N) is 2. The van der Waals surface area contributed by atoms with Crippen LogP contribution >= 0.6 is 11.3 Å². The molecule has 0 radical (unpaired) electrons. The molecule has 0 atom stereocenters. The monoisotopic (exact) mass is 274 g/mol. The molecule has 0 N–H and O–H groups in total. The maximum absolute atomic E-state index is 12.4. The quantitative estimate of drug-likeness (QED) is 0.736. The van der Waals surface area contributed by atoms with Crippen molar-refractivity contribution in [3.05, 3.63) is 46.5 Å². The molecule has 3 rings (SSSR count). The summed E-state index contributed by atoms with van der Waals surface area (Å²) in [6.45, 7) is 0.628. The van der Waals surface area contributed by atoms with E-state index in [4.69, 9.17) is 4.42 Å². The zero-order valence-corrected chi connectivity index (χ0v) is 11.6. The Morgan fingerprint density at radius 1 is 1.47 bits per heavy atom. The molecule has 0 fully saturated rings. The molecule has 0 saturated carbocycles. The van der Waals surface area contributed by atoms with Gasteiger partial charge in [0.05, 0.1) is 18.3 Å². The molecule has 3 heterocycles. The first kappa shape index (κ1) is 12.0. The highest BCUT2D eigenvalue weighted by Crippen LogP contribution is 2.21. The first-order valence-electron chi connectivity index (χ1n) is 5.97. The lowest BCUT2D eigenvalue weighted by molar-refractivity contribution is 0.0777. The standard InChI is InChI=1S/C14H14N2O2S/c1-15(9-10-4-3-7-19-10)14(17)12-8-13-11(16(12)2)5-6-18-13/h3-8H,9H2,1-2H3. The number of aromatic nitrogens is 1. The lowest BCUT2D eigenvalue weighted by atomic mass is 10.3. The second-order valence-corrected chi connectivity index (χ2v) is 5.53. The molecular weight excluding hydrogens is 260 g/mol. The molecule has 0 aromatic carbocycles. The Labute approximate surface area is 114 Å². The Hall–Kier alpha value is -2.01. The van der Waals surface area contributed by atoms with Crippen molar-refractivity contribution in [3.8, 4) is 0 Å².